The Labute approximate surface area is 146 Å². The van der Waals surface area contributed by atoms with Gasteiger partial charge in [0.2, 0.25) is 5.79 Å². The average Bonchev–Trinajstić information content (AvgIpc) is 2.95. The van der Waals surface area contributed by atoms with E-state index in [2.05, 4.69) is 13.2 Å². The van der Waals surface area contributed by atoms with Crippen molar-refractivity contribution in [3.8, 4) is 0 Å². The molecule has 134 valence electrons. The monoisotopic (exact) mass is 346 g/mol. The molecule has 3 heterocycles. The molecule has 0 aromatic heterocycles. The Hall–Kier alpha value is -2.18. The molecule has 0 aromatic carbocycles. The van der Waals surface area contributed by atoms with Crippen molar-refractivity contribution in [3.05, 3.63) is 47.6 Å². The fraction of sp³-hybridized carbons (Fsp3) is 0.474. The molecule has 0 radical (unpaired) electrons. The van der Waals surface area contributed by atoms with E-state index in [4.69, 9.17) is 14.2 Å². The molecule has 3 aliphatic rings. The molecule has 0 saturated carbocycles. The van der Waals surface area contributed by atoms with Crippen LogP contribution in [0.25, 0.3) is 0 Å². The number of esters is 2. The lowest BCUT2D eigenvalue weighted by Crippen LogP contribution is -2.41. The minimum absolute atomic E-state index is 0.242. The molecule has 6 heteroatoms. The normalized spacial score (nSPS) is 39.2. The van der Waals surface area contributed by atoms with Gasteiger partial charge in [0.05, 0.1) is 5.92 Å². The highest BCUT2D eigenvalue weighted by molar-refractivity contribution is 5.91. The second-order valence-corrected chi connectivity index (χ2v) is 7.02. The molecule has 0 aliphatic carbocycles. The van der Waals surface area contributed by atoms with Gasteiger partial charge in [-0.2, -0.15) is 0 Å². The van der Waals surface area contributed by atoms with Crippen LogP contribution in [0.4, 0.5) is 0 Å². The Morgan fingerprint density at radius 3 is 2.72 bits per heavy atom. The molecule has 0 aromatic rings. The van der Waals surface area contributed by atoms with Gasteiger partial charge in [-0.3, -0.25) is 0 Å². The quantitative estimate of drug-likeness (QED) is 0.468. The lowest BCUT2D eigenvalue weighted by Gasteiger charge is -2.30. The number of carbonyl (C=O) groups is 2. The van der Waals surface area contributed by atoms with Crippen LogP contribution in [0.2, 0.25) is 0 Å². The first-order valence-electron chi connectivity index (χ1n) is 8.15. The lowest BCUT2D eigenvalue weighted by atomic mass is 9.83. The maximum absolute atomic E-state index is 12.1. The third-order valence-corrected chi connectivity index (χ3v) is 4.74. The Morgan fingerprint density at radius 2 is 2.08 bits per heavy atom. The van der Waals surface area contributed by atoms with Crippen LogP contribution >= 0.6 is 0 Å². The summed E-state index contributed by atoms with van der Waals surface area (Å²) in [4.78, 5) is 24.2. The van der Waals surface area contributed by atoms with E-state index in [-0.39, 0.29) is 11.1 Å². The van der Waals surface area contributed by atoms with Gasteiger partial charge in [-0.05, 0) is 38.5 Å². The number of aliphatic hydroxyl groups is 1. The second-order valence-electron chi connectivity index (χ2n) is 7.02. The highest BCUT2D eigenvalue weighted by Gasteiger charge is 2.53. The number of hydrogen-bond donors (Lipinski definition) is 1. The predicted octanol–water partition coefficient (Wildman–Crippen LogP) is 1.96. The smallest absolute Gasteiger partial charge is 0.334 e. The molecule has 5 atom stereocenters. The van der Waals surface area contributed by atoms with Gasteiger partial charge in [-0.1, -0.05) is 18.7 Å². The van der Waals surface area contributed by atoms with Crippen molar-refractivity contribution in [3.63, 3.8) is 0 Å². The van der Waals surface area contributed by atoms with Crippen molar-refractivity contribution in [1.29, 1.82) is 0 Å². The van der Waals surface area contributed by atoms with Gasteiger partial charge >= 0.3 is 11.9 Å². The minimum Gasteiger partial charge on any atom is -0.458 e. The molecule has 3 aliphatic heterocycles. The Balaban J connectivity index is 2.05. The van der Waals surface area contributed by atoms with Crippen molar-refractivity contribution in [2.75, 3.05) is 0 Å². The Bertz CT molecular complexity index is 730. The van der Waals surface area contributed by atoms with E-state index in [1.807, 2.05) is 0 Å². The van der Waals surface area contributed by atoms with Gasteiger partial charge in [0.1, 0.15) is 18.3 Å². The summed E-state index contributed by atoms with van der Waals surface area (Å²) >= 11 is 0. The van der Waals surface area contributed by atoms with Crippen LogP contribution in [0.15, 0.2) is 47.6 Å². The number of fused-ring (bicyclic) bond motifs is 4. The molecule has 6 nitrogen and oxygen atoms in total. The average molecular weight is 346 g/mol. The fourth-order valence-corrected chi connectivity index (χ4v) is 3.64. The van der Waals surface area contributed by atoms with E-state index in [1.165, 1.54) is 0 Å². The highest BCUT2D eigenvalue weighted by Crippen LogP contribution is 2.43. The van der Waals surface area contributed by atoms with Crippen molar-refractivity contribution in [2.24, 2.45) is 5.92 Å². The van der Waals surface area contributed by atoms with E-state index >= 15 is 0 Å². The summed E-state index contributed by atoms with van der Waals surface area (Å²) in [5.41, 5.74) is 2.02. The third kappa shape index (κ3) is 3.07. The minimum atomic E-state index is -1.56. The van der Waals surface area contributed by atoms with Crippen LogP contribution < -0.4 is 0 Å². The van der Waals surface area contributed by atoms with Crippen LogP contribution in [0.1, 0.15) is 27.2 Å². The second kappa shape index (κ2) is 5.97. The number of hydrogen-bond acceptors (Lipinski definition) is 6. The molecular weight excluding hydrogens is 324 g/mol. The molecule has 25 heavy (non-hydrogen) atoms. The summed E-state index contributed by atoms with van der Waals surface area (Å²) in [6.45, 7) is 12.6. The summed E-state index contributed by atoms with van der Waals surface area (Å²) in [7, 11) is 0. The zero-order valence-electron chi connectivity index (χ0n) is 14.6. The molecule has 1 saturated heterocycles. The summed E-state index contributed by atoms with van der Waals surface area (Å²) in [6.07, 6.45) is 1.50. The number of rotatable bonds is 2. The predicted molar refractivity (Wildman–Crippen MR) is 89.2 cm³/mol. The van der Waals surface area contributed by atoms with Crippen LogP contribution in [0.3, 0.4) is 0 Å². The number of ether oxygens (including phenoxy) is 3. The van der Waals surface area contributed by atoms with Crippen LogP contribution in [-0.4, -0.2) is 41.1 Å². The summed E-state index contributed by atoms with van der Waals surface area (Å²) < 4.78 is 16.8. The molecule has 1 N–H and O–H groups in total. The zero-order chi connectivity index (χ0) is 18.5. The van der Waals surface area contributed by atoms with Gasteiger partial charge < -0.3 is 19.3 Å². The molecular formula is C19H22O6. The Morgan fingerprint density at radius 1 is 1.40 bits per heavy atom. The van der Waals surface area contributed by atoms with Gasteiger partial charge in [-0.25, -0.2) is 9.59 Å². The summed E-state index contributed by atoms with van der Waals surface area (Å²) in [5, 5.41) is 10.6. The first-order valence-corrected chi connectivity index (χ1v) is 8.15. The van der Waals surface area contributed by atoms with Gasteiger partial charge in [0.15, 0.2) is 0 Å². The third-order valence-electron chi connectivity index (χ3n) is 4.74. The van der Waals surface area contributed by atoms with Gasteiger partial charge in [0.25, 0.3) is 0 Å². The molecule has 0 unspecified atom stereocenters. The fourth-order valence-electron chi connectivity index (χ4n) is 3.64. The molecule has 0 spiro atoms. The topological polar surface area (TPSA) is 82.1 Å². The maximum atomic E-state index is 12.1. The van der Waals surface area contributed by atoms with Crippen LogP contribution in [0, 0.1) is 5.92 Å². The van der Waals surface area contributed by atoms with E-state index in [9.17, 15) is 14.7 Å². The zero-order valence-corrected chi connectivity index (χ0v) is 14.6. The summed E-state index contributed by atoms with van der Waals surface area (Å²) in [6, 6.07) is 0. The van der Waals surface area contributed by atoms with Crippen molar-refractivity contribution in [2.45, 2.75) is 51.3 Å². The molecule has 3 rings (SSSR count). The summed E-state index contributed by atoms with van der Waals surface area (Å²) in [5.74, 6) is -3.21. The van der Waals surface area contributed by atoms with Crippen molar-refractivity contribution >= 4 is 11.9 Å². The van der Waals surface area contributed by atoms with E-state index in [1.54, 1.807) is 32.9 Å². The molecule has 0 amide bonds. The first-order chi connectivity index (χ1) is 11.6. The Kier molecular flexibility index (Phi) is 4.21. The number of carbonyl (C=O) groups excluding carboxylic acids is 2. The van der Waals surface area contributed by atoms with Crippen molar-refractivity contribution < 1.29 is 28.9 Å². The standard InChI is InChI=1S/C19H22O6/c1-9(2)17(20)23-13-6-10(3)7-19(22)8-11(4)15(25-19)16-14(13)12(5)18(21)24-16/h7-8,13-16,22H,1,5-6H2,2-4H3/b10-7-/t13-,14+,15+,16-,19-/m0/s1. The largest absolute Gasteiger partial charge is 0.458 e. The molecule has 1 fully saturated rings. The maximum Gasteiger partial charge on any atom is 0.334 e. The first kappa shape index (κ1) is 17.6. The SMILES string of the molecule is C=C(C)C(=O)O[C@H]1C/C(C)=C\[C@@]2(O)C=C(C)[C@@H](O2)[C@H]2OC(=O)C(=C)[C@@H]21. The molecule has 2 bridgehead atoms. The van der Waals surface area contributed by atoms with E-state index in [0.29, 0.717) is 6.42 Å². The van der Waals surface area contributed by atoms with Crippen molar-refractivity contribution in [1.82, 2.24) is 0 Å². The highest BCUT2D eigenvalue weighted by atomic mass is 16.7. The lowest BCUT2D eigenvalue weighted by molar-refractivity contribution is -0.178. The van der Waals surface area contributed by atoms with E-state index < -0.39 is 42.0 Å². The van der Waals surface area contributed by atoms with Gasteiger partial charge in [-0.15, -0.1) is 0 Å². The van der Waals surface area contributed by atoms with Crippen LogP contribution in [0.5, 0.6) is 0 Å². The van der Waals surface area contributed by atoms with Crippen LogP contribution in [-0.2, 0) is 23.8 Å². The van der Waals surface area contributed by atoms with E-state index in [0.717, 1.165) is 11.1 Å². The van der Waals surface area contributed by atoms with Gasteiger partial charge in [0, 0.05) is 17.6 Å².